The van der Waals surface area contributed by atoms with E-state index in [1.807, 2.05) is 0 Å². The molecule has 2 heterocycles. The molecule has 10 heteroatoms. The van der Waals surface area contributed by atoms with Crippen molar-refractivity contribution in [2.24, 2.45) is 0 Å². The molecule has 6 nitrogen and oxygen atoms in total. The second-order valence-corrected chi connectivity index (χ2v) is 7.24. The highest BCUT2D eigenvalue weighted by molar-refractivity contribution is 6.07. The molecule has 1 saturated carbocycles. The molecule has 2 amide bonds. The minimum Gasteiger partial charge on any atom is -0.348 e. The summed E-state index contributed by atoms with van der Waals surface area (Å²) < 4.78 is 53.9. The number of hydrogen-bond acceptors (Lipinski definition) is 4. The van der Waals surface area contributed by atoms with Crippen molar-refractivity contribution >= 4 is 17.5 Å². The zero-order chi connectivity index (χ0) is 22.9. The first-order chi connectivity index (χ1) is 15.2. The molecule has 3 aromatic rings. The Labute approximate surface area is 179 Å². The summed E-state index contributed by atoms with van der Waals surface area (Å²) in [5, 5.41) is 5.28. The number of anilines is 1. The molecule has 2 N–H and O–H groups in total. The van der Waals surface area contributed by atoms with Crippen molar-refractivity contribution in [2.75, 3.05) is 5.32 Å². The second-order valence-electron chi connectivity index (χ2n) is 7.24. The molecule has 1 aliphatic carbocycles. The van der Waals surface area contributed by atoms with E-state index >= 15 is 0 Å². The number of nitrogens with one attached hydrogen (secondary N) is 2. The molecule has 1 fully saturated rings. The summed E-state index contributed by atoms with van der Waals surface area (Å²) in [6.07, 6.45) is 0.720. The third-order valence-corrected chi connectivity index (χ3v) is 4.81. The van der Waals surface area contributed by atoms with E-state index < -0.39 is 29.4 Å². The number of rotatable bonds is 5. The van der Waals surface area contributed by atoms with Crippen molar-refractivity contribution in [3.63, 3.8) is 0 Å². The van der Waals surface area contributed by atoms with Crippen molar-refractivity contribution in [3.05, 3.63) is 77.6 Å². The molecule has 1 aromatic carbocycles. The van der Waals surface area contributed by atoms with Gasteiger partial charge in [-0.1, -0.05) is 6.07 Å². The van der Waals surface area contributed by atoms with Crippen LogP contribution in [-0.4, -0.2) is 27.8 Å². The second kappa shape index (κ2) is 8.37. The van der Waals surface area contributed by atoms with Crippen LogP contribution in [0.25, 0.3) is 11.1 Å². The fraction of sp³-hybridized carbons (Fsp3) is 0.182. The van der Waals surface area contributed by atoms with E-state index in [1.165, 1.54) is 36.8 Å². The van der Waals surface area contributed by atoms with Crippen LogP contribution in [0.3, 0.4) is 0 Å². The van der Waals surface area contributed by atoms with E-state index in [2.05, 4.69) is 20.6 Å². The molecule has 0 spiro atoms. The molecule has 0 bridgehead atoms. The lowest BCUT2D eigenvalue weighted by Gasteiger charge is -2.16. The lowest BCUT2D eigenvalue weighted by Crippen LogP contribution is -2.26. The summed E-state index contributed by atoms with van der Waals surface area (Å²) in [7, 11) is 0. The molecule has 0 radical (unpaired) electrons. The van der Waals surface area contributed by atoms with Gasteiger partial charge in [0.25, 0.3) is 11.8 Å². The predicted octanol–water partition coefficient (Wildman–Crippen LogP) is 4.45. The lowest BCUT2D eigenvalue weighted by atomic mass is 9.98. The fourth-order valence-corrected chi connectivity index (χ4v) is 3.09. The van der Waals surface area contributed by atoms with Crippen molar-refractivity contribution < 1.29 is 27.2 Å². The predicted molar refractivity (Wildman–Crippen MR) is 107 cm³/mol. The van der Waals surface area contributed by atoms with Gasteiger partial charge in [0.1, 0.15) is 11.5 Å². The summed E-state index contributed by atoms with van der Waals surface area (Å²) in [4.78, 5) is 32.8. The van der Waals surface area contributed by atoms with E-state index in [0.29, 0.717) is 6.07 Å². The maximum absolute atomic E-state index is 13.5. The van der Waals surface area contributed by atoms with Gasteiger partial charge in [-0.3, -0.25) is 19.6 Å². The maximum atomic E-state index is 13.5. The summed E-state index contributed by atoms with van der Waals surface area (Å²) in [5.41, 5.74) is -1.34. The molecule has 0 unspecified atom stereocenters. The van der Waals surface area contributed by atoms with Crippen LogP contribution in [-0.2, 0) is 6.18 Å². The number of halogens is 4. The molecule has 164 valence electrons. The Hall–Kier alpha value is -3.82. The SMILES string of the molecule is O=C(Nc1cnccc1-c1ccc(F)cc1C(F)(F)F)c1ccnc(C(=O)NC2CC2)c1. The number of pyridine rings is 2. The van der Waals surface area contributed by atoms with Gasteiger partial charge in [-0.25, -0.2) is 4.39 Å². The monoisotopic (exact) mass is 444 g/mol. The maximum Gasteiger partial charge on any atom is 0.417 e. The number of amides is 2. The molecule has 1 aliphatic rings. The van der Waals surface area contributed by atoms with Crippen molar-refractivity contribution in [2.45, 2.75) is 25.1 Å². The largest absolute Gasteiger partial charge is 0.417 e. The smallest absolute Gasteiger partial charge is 0.348 e. The standard InChI is InChI=1S/C22H16F4N4O2/c23-13-1-4-15(17(10-13)22(24,25)26)16-6-7-27-11-19(16)30-20(31)12-5-8-28-18(9-12)21(32)29-14-2-3-14/h1,4-11,14H,2-3H2,(H,29,32)(H,30,31). The highest BCUT2D eigenvalue weighted by Gasteiger charge is 2.34. The van der Waals surface area contributed by atoms with Crippen LogP contribution in [0.5, 0.6) is 0 Å². The summed E-state index contributed by atoms with van der Waals surface area (Å²) in [5.74, 6) is -2.11. The first-order valence-electron chi connectivity index (χ1n) is 9.62. The Balaban J connectivity index is 1.64. The minimum atomic E-state index is -4.81. The van der Waals surface area contributed by atoms with E-state index in [-0.39, 0.29) is 34.1 Å². The van der Waals surface area contributed by atoms with Crippen molar-refractivity contribution in [1.29, 1.82) is 0 Å². The highest BCUT2D eigenvalue weighted by atomic mass is 19.4. The minimum absolute atomic E-state index is 0.00426. The zero-order valence-electron chi connectivity index (χ0n) is 16.4. The first kappa shape index (κ1) is 21.4. The topological polar surface area (TPSA) is 84.0 Å². The molecule has 4 rings (SSSR count). The highest BCUT2D eigenvalue weighted by Crippen LogP contribution is 2.39. The van der Waals surface area contributed by atoms with Gasteiger partial charge < -0.3 is 10.6 Å². The number of hydrogen-bond donors (Lipinski definition) is 2. The van der Waals surface area contributed by atoms with Gasteiger partial charge in [0.2, 0.25) is 0 Å². The summed E-state index contributed by atoms with van der Waals surface area (Å²) >= 11 is 0. The van der Waals surface area contributed by atoms with Gasteiger partial charge in [-0.2, -0.15) is 13.2 Å². The van der Waals surface area contributed by atoms with Crippen LogP contribution in [0.2, 0.25) is 0 Å². The third kappa shape index (κ3) is 4.74. The van der Waals surface area contributed by atoms with Gasteiger partial charge >= 0.3 is 6.18 Å². The van der Waals surface area contributed by atoms with Gasteiger partial charge in [-0.15, -0.1) is 0 Å². The van der Waals surface area contributed by atoms with E-state index in [1.54, 1.807) is 0 Å². The first-order valence-corrected chi connectivity index (χ1v) is 9.62. The fourth-order valence-electron chi connectivity index (χ4n) is 3.09. The van der Waals surface area contributed by atoms with E-state index in [4.69, 9.17) is 0 Å². The van der Waals surface area contributed by atoms with Gasteiger partial charge in [0.05, 0.1) is 17.4 Å². The van der Waals surface area contributed by atoms with Crippen molar-refractivity contribution in [3.8, 4) is 11.1 Å². The zero-order valence-corrected chi connectivity index (χ0v) is 16.4. The van der Waals surface area contributed by atoms with E-state index in [0.717, 1.165) is 25.0 Å². The number of aromatic nitrogens is 2. The molecule has 0 aliphatic heterocycles. The average Bonchev–Trinajstić information content (AvgIpc) is 3.58. The molecule has 32 heavy (non-hydrogen) atoms. The van der Waals surface area contributed by atoms with Gasteiger partial charge in [0.15, 0.2) is 0 Å². The van der Waals surface area contributed by atoms with Crippen LogP contribution < -0.4 is 10.6 Å². The molecule has 0 saturated heterocycles. The number of alkyl halides is 3. The Morgan fingerprint density at radius 1 is 0.969 bits per heavy atom. The summed E-state index contributed by atoms with van der Waals surface area (Å²) in [6, 6.07) is 6.37. The van der Waals surface area contributed by atoms with Crippen LogP contribution in [0.15, 0.2) is 55.0 Å². The van der Waals surface area contributed by atoms with Crippen LogP contribution in [0.1, 0.15) is 39.3 Å². The molecule has 0 atom stereocenters. The number of benzene rings is 1. The summed E-state index contributed by atoms with van der Waals surface area (Å²) in [6.45, 7) is 0. The van der Waals surface area contributed by atoms with Gasteiger partial charge in [-0.05, 0) is 48.7 Å². The molecular weight excluding hydrogens is 428 g/mol. The quantitative estimate of drug-likeness (QED) is 0.570. The van der Waals surface area contributed by atoms with E-state index in [9.17, 15) is 27.2 Å². The normalized spacial score (nSPS) is 13.5. The Morgan fingerprint density at radius 2 is 1.75 bits per heavy atom. The van der Waals surface area contributed by atoms with Crippen molar-refractivity contribution in [1.82, 2.24) is 15.3 Å². The number of carbonyl (C=O) groups excluding carboxylic acids is 2. The molecule has 2 aromatic heterocycles. The van der Waals surface area contributed by atoms with Crippen LogP contribution >= 0.6 is 0 Å². The number of carbonyl (C=O) groups is 2. The molecular formula is C22H16F4N4O2. The third-order valence-electron chi connectivity index (χ3n) is 4.81. The van der Waals surface area contributed by atoms with Crippen LogP contribution in [0, 0.1) is 5.82 Å². The van der Waals surface area contributed by atoms with Gasteiger partial charge in [0, 0.05) is 29.6 Å². The Morgan fingerprint density at radius 3 is 2.47 bits per heavy atom. The Bertz CT molecular complexity index is 1190. The lowest BCUT2D eigenvalue weighted by molar-refractivity contribution is -0.137. The average molecular weight is 444 g/mol. The number of nitrogens with zero attached hydrogens (tertiary/aromatic N) is 2. The Kier molecular flexibility index (Phi) is 5.60. The van der Waals surface area contributed by atoms with Crippen LogP contribution in [0.4, 0.5) is 23.2 Å².